The van der Waals surface area contributed by atoms with Crippen molar-refractivity contribution in [1.82, 2.24) is 4.98 Å². The molecule has 0 unspecified atom stereocenters. The molecule has 0 amide bonds. The summed E-state index contributed by atoms with van der Waals surface area (Å²) in [4.78, 5) is 3.86. The molecule has 1 aromatic carbocycles. The first-order valence-corrected chi connectivity index (χ1v) is 6.04. The standard InChI is InChI=1S/C12H6BrClF3N/c13-10-6-18-11(14)5-9(10)7-1-3-8(4-2-7)12(15,16)17/h1-6H. The van der Waals surface area contributed by atoms with Crippen molar-refractivity contribution in [2.75, 3.05) is 0 Å². The Hall–Kier alpha value is -1.07. The molecule has 1 aromatic heterocycles. The van der Waals surface area contributed by atoms with E-state index in [4.69, 9.17) is 11.6 Å². The van der Waals surface area contributed by atoms with Crippen LogP contribution in [0, 0.1) is 0 Å². The maximum atomic E-state index is 12.4. The number of hydrogen-bond acceptors (Lipinski definition) is 1. The molecule has 0 saturated heterocycles. The predicted octanol–water partition coefficient (Wildman–Crippen LogP) is 5.18. The fourth-order valence-corrected chi connectivity index (χ4v) is 2.08. The van der Waals surface area contributed by atoms with E-state index in [1.807, 2.05) is 0 Å². The molecule has 18 heavy (non-hydrogen) atoms. The second kappa shape index (κ2) is 4.90. The van der Waals surface area contributed by atoms with Crippen LogP contribution < -0.4 is 0 Å². The maximum Gasteiger partial charge on any atom is 0.416 e. The van der Waals surface area contributed by atoms with Crippen molar-refractivity contribution in [2.45, 2.75) is 6.18 Å². The molecular formula is C12H6BrClF3N. The van der Waals surface area contributed by atoms with Crippen molar-refractivity contribution < 1.29 is 13.2 Å². The van der Waals surface area contributed by atoms with E-state index in [0.717, 1.165) is 12.1 Å². The van der Waals surface area contributed by atoms with Gasteiger partial charge in [-0.1, -0.05) is 23.7 Å². The van der Waals surface area contributed by atoms with E-state index < -0.39 is 11.7 Å². The highest BCUT2D eigenvalue weighted by Gasteiger charge is 2.30. The average Bonchev–Trinajstić information content (AvgIpc) is 2.31. The monoisotopic (exact) mass is 335 g/mol. The molecule has 94 valence electrons. The second-order valence-corrected chi connectivity index (χ2v) is 4.80. The Balaban J connectivity index is 2.43. The lowest BCUT2D eigenvalue weighted by atomic mass is 10.1. The first kappa shape index (κ1) is 13.4. The number of aromatic nitrogens is 1. The first-order valence-electron chi connectivity index (χ1n) is 4.86. The van der Waals surface area contributed by atoms with Gasteiger partial charge in [-0.2, -0.15) is 13.2 Å². The van der Waals surface area contributed by atoms with E-state index in [9.17, 15) is 13.2 Å². The number of alkyl halides is 3. The molecule has 1 nitrogen and oxygen atoms in total. The summed E-state index contributed by atoms with van der Waals surface area (Å²) in [6, 6.07) is 6.47. The van der Waals surface area contributed by atoms with E-state index in [1.165, 1.54) is 18.3 Å². The topological polar surface area (TPSA) is 12.9 Å². The summed E-state index contributed by atoms with van der Waals surface area (Å²) in [6.45, 7) is 0. The van der Waals surface area contributed by atoms with Crippen LogP contribution >= 0.6 is 27.5 Å². The Kier molecular flexibility index (Phi) is 3.64. The Morgan fingerprint density at radius 2 is 1.72 bits per heavy atom. The maximum absolute atomic E-state index is 12.4. The van der Waals surface area contributed by atoms with E-state index in [0.29, 0.717) is 15.6 Å². The van der Waals surface area contributed by atoms with Crippen LogP contribution in [0.4, 0.5) is 13.2 Å². The van der Waals surface area contributed by atoms with Gasteiger partial charge in [0.2, 0.25) is 0 Å². The third-order valence-corrected chi connectivity index (χ3v) is 3.18. The molecule has 0 atom stereocenters. The molecule has 0 spiro atoms. The Bertz CT molecular complexity index is 567. The number of benzene rings is 1. The summed E-state index contributed by atoms with van der Waals surface area (Å²) in [5, 5.41) is 0.285. The molecule has 0 N–H and O–H groups in total. The summed E-state index contributed by atoms with van der Waals surface area (Å²) < 4.78 is 37.9. The van der Waals surface area contributed by atoms with Gasteiger partial charge >= 0.3 is 6.18 Å². The lowest BCUT2D eigenvalue weighted by molar-refractivity contribution is -0.137. The number of halogens is 5. The number of pyridine rings is 1. The van der Waals surface area contributed by atoms with Gasteiger partial charge in [-0.05, 0) is 39.7 Å². The highest BCUT2D eigenvalue weighted by atomic mass is 79.9. The molecule has 0 fully saturated rings. The third-order valence-electron chi connectivity index (χ3n) is 2.35. The van der Waals surface area contributed by atoms with Gasteiger partial charge < -0.3 is 0 Å². The van der Waals surface area contributed by atoms with Crippen molar-refractivity contribution in [3.05, 3.63) is 51.7 Å². The fraction of sp³-hybridized carbons (Fsp3) is 0.0833. The highest BCUT2D eigenvalue weighted by molar-refractivity contribution is 9.10. The largest absolute Gasteiger partial charge is 0.416 e. The summed E-state index contributed by atoms with van der Waals surface area (Å²) in [5.74, 6) is 0. The van der Waals surface area contributed by atoms with Crippen LogP contribution in [0.5, 0.6) is 0 Å². The normalized spacial score (nSPS) is 11.6. The van der Waals surface area contributed by atoms with E-state index >= 15 is 0 Å². The van der Waals surface area contributed by atoms with Gasteiger partial charge in [0.1, 0.15) is 5.15 Å². The Morgan fingerprint density at radius 1 is 1.11 bits per heavy atom. The van der Waals surface area contributed by atoms with Crippen molar-refractivity contribution in [3.63, 3.8) is 0 Å². The van der Waals surface area contributed by atoms with Gasteiger partial charge in [-0.15, -0.1) is 0 Å². The molecule has 0 bridgehead atoms. The third kappa shape index (κ3) is 2.84. The van der Waals surface area contributed by atoms with Crippen LogP contribution in [0.15, 0.2) is 41.0 Å². The van der Waals surface area contributed by atoms with Crippen molar-refractivity contribution in [3.8, 4) is 11.1 Å². The molecule has 2 rings (SSSR count). The molecule has 6 heteroatoms. The van der Waals surface area contributed by atoms with Gasteiger partial charge in [-0.3, -0.25) is 0 Å². The van der Waals surface area contributed by atoms with Gasteiger partial charge in [0.05, 0.1) is 5.56 Å². The minimum absolute atomic E-state index is 0.285. The Labute approximate surface area is 115 Å². The summed E-state index contributed by atoms with van der Waals surface area (Å²) in [6.07, 6.45) is -2.82. The molecule has 0 radical (unpaired) electrons. The van der Waals surface area contributed by atoms with Crippen LogP contribution in [-0.4, -0.2) is 4.98 Å². The van der Waals surface area contributed by atoms with Crippen LogP contribution in [-0.2, 0) is 6.18 Å². The van der Waals surface area contributed by atoms with Crippen LogP contribution in [0.25, 0.3) is 11.1 Å². The first-order chi connectivity index (χ1) is 8.38. The lowest BCUT2D eigenvalue weighted by Gasteiger charge is -2.09. The fourth-order valence-electron chi connectivity index (χ4n) is 1.47. The number of nitrogens with zero attached hydrogens (tertiary/aromatic N) is 1. The molecular weight excluding hydrogens is 330 g/mol. The van der Waals surface area contributed by atoms with Gasteiger partial charge in [0.15, 0.2) is 0 Å². The SMILES string of the molecule is FC(F)(F)c1ccc(-c2cc(Cl)ncc2Br)cc1. The van der Waals surface area contributed by atoms with Gasteiger partial charge in [0.25, 0.3) is 0 Å². The quantitative estimate of drug-likeness (QED) is 0.654. The smallest absolute Gasteiger partial charge is 0.243 e. The molecule has 0 saturated carbocycles. The summed E-state index contributed by atoms with van der Waals surface area (Å²) in [5.41, 5.74) is 0.658. The number of hydrogen-bond donors (Lipinski definition) is 0. The van der Waals surface area contributed by atoms with Crippen LogP contribution in [0.1, 0.15) is 5.56 Å². The molecule has 0 aliphatic rings. The second-order valence-electron chi connectivity index (χ2n) is 3.56. The van der Waals surface area contributed by atoms with E-state index in [-0.39, 0.29) is 5.15 Å². The van der Waals surface area contributed by atoms with Crippen molar-refractivity contribution in [2.24, 2.45) is 0 Å². The van der Waals surface area contributed by atoms with Gasteiger partial charge in [0, 0.05) is 16.2 Å². The zero-order chi connectivity index (χ0) is 13.3. The molecule has 2 aromatic rings. The minimum Gasteiger partial charge on any atom is -0.243 e. The van der Waals surface area contributed by atoms with E-state index in [1.54, 1.807) is 6.07 Å². The number of rotatable bonds is 1. The summed E-state index contributed by atoms with van der Waals surface area (Å²) >= 11 is 9.04. The minimum atomic E-state index is -4.33. The van der Waals surface area contributed by atoms with Gasteiger partial charge in [-0.25, -0.2) is 4.98 Å². The molecule has 0 aliphatic heterocycles. The molecule has 0 aliphatic carbocycles. The summed E-state index contributed by atoms with van der Waals surface area (Å²) in [7, 11) is 0. The Morgan fingerprint density at radius 3 is 2.28 bits per heavy atom. The molecule has 1 heterocycles. The van der Waals surface area contributed by atoms with Crippen molar-refractivity contribution >= 4 is 27.5 Å². The average molecular weight is 337 g/mol. The highest BCUT2D eigenvalue weighted by Crippen LogP contribution is 2.33. The van der Waals surface area contributed by atoms with E-state index in [2.05, 4.69) is 20.9 Å². The zero-order valence-corrected chi connectivity index (χ0v) is 11.1. The van der Waals surface area contributed by atoms with Crippen LogP contribution in [0.2, 0.25) is 5.15 Å². The zero-order valence-electron chi connectivity index (χ0n) is 8.80. The lowest BCUT2D eigenvalue weighted by Crippen LogP contribution is -2.04. The van der Waals surface area contributed by atoms with Crippen LogP contribution in [0.3, 0.4) is 0 Å². The van der Waals surface area contributed by atoms with Crippen molar-refractivity contribution in [1.29, 1.82) is 0 Å². The predicted molar refractivity (Wildman–Crippen MR) is 67.4 cm³/mol.